The Labute approximate surface area is 193 Å². The van der Waals surface area contributed by atoms with Gasteiger partial charge in [0.2, 0.25) is 0 Å². The van der Waals surface area contributed by atoms with E-state index in [1.165, 1.54) is 17.6 Å². The van der Waals surface area contributed by atoms with Gasteiger partial charge in [0, 0.05) is 10.1 Å². The van der Waals surface area contributed by atoms with Crippen LogP contribution in [0.2, 0.25) is 5.02 Å². The van der Waals surface area contributed by atoms with E-state index < -0.39 is 11.8 Å². The number of hydrogen-bond acceptors (Lipinski definition) is 5. The monoisotopic (exact) mass is 463 g/mol. The third kappa shape index (κ3) is 5.32. The van der Waals surface area contributed by atoms with E-state index in [-0.39, 0.29) is 6.54 Å². The highest BCUT2D eigenvalue weighted by atomic mass is 35.5. The molecule has 4 rings (SSSR count). The Kier molecular flexibility index (Phi) is 6.79. The number of nitrogens with zero attached hydrogens (tertiary/aromatic N) is 1. The molecule has 8 heteroatoms. The van der Waals surface area contributed by atoms with E-state index in [4.69, 9.17) is 16.3 Å². The number of carbonyl (C=O) groups is 2. The number of ether oxygens (including phenoxy) is 1. The van der Waals surface area contributed by atoms with Gasteiger partial charge in [-0.1, -0.05) is 60.1 Å². The maximum absolute atomic E-state index is 12.4. The molecule has 0 aliphatic heterocycles. The van der Waals surface area contributed by atoms with E-state index in [1.807, 2.05) is 72.8 Å². The van der Waals surface area contributed by atoms with Gasteiger partial charge < -0.3 is 10.1 Å². The SMILES string of the molecule is O=C(CNC(=O)c1sc2ccccc2c1Cl)N/N=C\c1cccc(Oc2ccccc2)c1. The second-order valence-electron chi connectivity index (χ2n) is 6.70. The Morgan fingerprint density at radius 3 is 2.53 bits per heavy atom. The summed E-state index contributed by atoms with van der Waals surface area (Å²) in [6, 6.07) is 24.2. The number of rotatable bonds is 7. The molecule has 1 aromatic heterocycles. The highest BCUT2D eigenvalue weighted by Gasteiger charge is 2.17. The number of hydrazone groups is 1. The molecule has 0 aliphatic rings. The number of thiophene rings is 1. The minimum atomic E-state index is -0.455. The zero-order valence-electron chi connectivity index (χ0n) is 16.7. The van der Waals surface area contributed by atoms with Gasteiger partial charge in [-0.2, -0.15) is 5.10 Å². The first-order valence-corrected chi connectivity index (χ1v) is 10.9. The molecule has 0 fully saturated rings. The van der Waals surface area contributed by atoms with Crippen LogP contribution in [-0.4, -0.2) is 24.6 Å². The highest BCUT2D eigenvalue weighted by Crippen LogP contribution is 2.34. The summed E-state index contributed by atoms with van der Waals surface area (Å²) in [6.07, 6.45) is 1.50. The van der Waals surface area contributed by atoms with Gasteiger partial charge in [0.25, 0.3) is 11.8 Å². The quantitative estimate of drug-likeness (QED) is 0.291. The smallest absolute Gasteiger partial charge is 0.263 e. The van der Waals surface area contributed by atoms with Gasteiger partial charge >= 0.3 is 0 Å². The Bertz CT molecular complexity index is 1290. The van der Waals surface area contributed by atoms with E-state index in [1.54, 1.807) is 6.07 Å². The third-order valence-electron chi connectivity index (χ3n) is 4.39. The summed E-state index contributed by atoms with van der Waals surface area (Å²) < 4.78 is 6.69. The van der Waals surface area contributed by atoms with Crippen LogP contribution in [0.4, 0.5) is 0 Å². The number of carbonyl (C=O) groups excluding carboxylic acids is 2. The molecule has 0 spiro atoms. The van der Waals surface area contributed by atoms with Gasteiger partial charge in [-0.3, -0.25) is 9.59 Å². The van der Waals surface area contributed by atoms with E-state index in [9.17, 15) is 9.59 Å². The average molecular weight is 464 g/mol. The topological polar surface area (TPSA) is 79.8 Å². The lowest BCUT2D eigenvalue weighted by molar-refractivity contribution is -0.120. The number of fused-ring (bicyclic) bond motifs is 1. The molecule has 1 heterocycles. The Morgan fingerprint density at radius 1 is 0.969 bits per heavy atom. The number of nitrogens with one attached hydrogen (secondary N) is 2. The summed E-state index contributed by atoms with van der Waals surface area (Å²) in [5.41, 5.74) is 3.14. The second-order valence-corrected chi connectivity index (χ2v) is 8.13. The van der Waals surface area contributed by atoms with E-state index >= 15 is 0 Å². The molecule has 0 atom stereocenters. The molecular weight excluding hydrogens is 446 g/mol. The van der Waals surface area contributed by atoms with Crippen molar-refractivity contribution in [3.63, 3.8) is 0 Å². The fraction of sp³-hybridized carbons (Fsp3) is 0.0417. The van der Waals surface area contributed by atoms with Crippen LogP contribution in [0, 0.1) is 0 Å². The van der Waals surface area contributed by atoms with Crippen LogP contribution in [-0.2, 0) is 4.79 Å². The van der Waals surface area contributed by atoms with Crippen molar-refractivity contribution in [2.75, 3.05) is 6.54 Å². The first-order valence-electron chi connectivity index (χ1n) is 9.70. The molecule has 0 aliphatic carbocycles. The van der Waals surface area contributed by atoms with Crippen LogP contribution in [0.5, 0.6) is 11.5 Å². The molecule has 3 aromatic carbocycles. The van der Waals surface area contributed by atoms with Crippen molar-refractivity contribution in [3.8, 4) is 11.5 Å². The fourth-order valence-electron chi connectivity index (χ4n) is 2.90. The zero-order valence-corrected chi connectivity index (χ0v) is 18.3. The Balaban J connectivity index is 1.29. The molecule has 6 nitrogen and oxygen atoms in total. The molecule has 160 valence electrons. The molecular formula is C24H18ClN3O3S. The average Bonchev–Trinajstić information content (AvgIpc) is 3.15. The Hall–Kier alpha value is -3.68. The number of amides is 2. The van der Waals surface area contributed by atoms with Gasteiger partial charge in [0.15, 0.2) is 0 Å². The minimum Gasteiger partial charge on any atom is -0.457 e. The van der Waals surface area contributed by atoms with Crippen molar-refractivity contribution >= 4 is 51.1 Å². The van der Waals surface area contributed by atoms with Crippen LogP contribution in [0.1, 0.15) is 15.2 Å². The molecule has 0 saturated carbocycles. The van der Waals surface area contributed by atoms with E-state index in [0.29, 0.717) is 15.6 Å². The van der Waals surface area contributed by atoms with Crippen LogP contribution in [0.25, 0.3) is 10.1 Å². The molecule has 0 radical (unpaired) electrons. The highest BCUT2D eigenvalue weighted by molar-refractivity contribution is 7.21. The van der Waals surface area contributed by atoms with Crippen molar-refractivity contribution in [2.24, 2.45) is 5.10 Å². The number of halogens is 1. The largest absolute Gasteiger partial charge is 0.457 e. The van der Waals surface area contributed by atoms with Crippen LogP contribution in [0.15, 0.2) is 84.0 Å². The van der Waals surface area contributed by atoms with Gasteiger partial charge in [-0.25, -0.2) is 5.43 Å². The second kappa shape index (κ2) is 10.1. The van der Waals surface area contributed by atoms with Crippen molar-refractivity contribution in [3.05, 3.63) is 94.3 Å². The van der Waals surface area contributed by atoms with Crippen LogP contribution in [0.3, 0.4) is 0 Å². The van der Waals surface area contributed by atoms with Crippen LogP contribution >= 0.6 is 22.9 Å². The normalized spacial score (nSPS) is 10.9. The van der Waals surface area contributed by atoms with Crippen molar-refractivity contribution in [1.29, 1.82) is 0 Å². The van der Waals surface area contributed by atoms with Crippen molar-refractivity contribution < 1.29 is 14.3 Å². The predicted octanol–water partition coefficient (Wildman–Crippen LogP) is 5.23. The molecule has 0 bridgehead atoms. The van der Waals surface area contributed by atoms with E-state index in [2.05, 4.69) is 15.8 Å². The standard InChI is InChI=1S/C24H18ClN3O3S/c25-22-19-11-4-5-12-20(19)32-23(22)24(30)26-15-21(29)28-27-14-16-7-6-10-18(13-16)31-17-8-2-1-3-9-17/h1-14H,15H2,(H,26,30)(H,28,29)/b27-14-. The first kappa shape index (κ1) is 21.5. The molecule has 4 aromatic rings. The minimum absolute atomic E-state index is 0.224. The number of hydrogen-bond donors (Lipinski definition) is 2. The molecule has 2 amide bonds. The van der Waals surface area contributed by atoms with Gasteiger partial charge in [0.05, 0.1) is 17.8 Å². The third-order valence-corrected chi connectivity index (χ3v) is 6.06. The molecule has 0 unspecified atom stereocenters. The lowest BCUT2D eigenvalue weighted by atomic mass is 10.2. The van der Waals surface area contributed by atoms with Crippen molar-refractivity contribution in [2.45, 2.75) is 0 Å². The number of benzene rings is 3. The maximum Gasteiger partial charge on any atom is 0.263 e. The summed E-state index contributed by atoms with van der Waals surface area (Å²) in [7, 11) is 0. The Morgan fingerprint density at radius 2 is 1.72 bits per heavy atom. The maximum atomic E-state index is 12.4. The summed E-state index contributed by atoms with van der Waals surface area (Å²) in [5, 5.41) is 7.71. The summed E-state index contributed by atoms with van der Waals surface area (Å²) >= 11 is 7.58. The van der Waals surface area contributed by atoms with Gasteiger partial charge in [-0.15, -0.1) is 11.3 Å². The zero-order chi connectivity index (χ0) is 22.3. The number of para-hydroxylation sites is 1. The predicted molar refractivity (Wildman–Crippen MR) is 128 cm³/mol. The van der Waals surface area contributed by atoms with Crippen molar-refractivity contribution in [1.82, 2.24) is 10.7 Å². The first-order chi connectivity index (χ1) is 15.6. The van der Waals surface area contributed by atoms with Gasteiger partial charge in [0.1, 0.15) is 16.4 Å². The fourth-order valence-corrected chi connectivity index (χ4v) is 4.34. The summed E-state index contributed by atoms with van der Waals surface area (Å²) in [5.74, 6) is 0.521. The summed E-state index contributed by atoms with van der Waals surface area (Å²) in [6.45, 7) is -0.224. The summed E-state index contributed by atoms with van der Waals surface area (Å²) in [4.78, 5) is 24.8. The molecule has 32 heavy (non-hydrogen) atoms. The van der Waals surface area contributed by atoms with E-state index in [0.717, 1.165) is 21.4 Å². The lowest BCUT2D eigenvalue weighted by Gasteiger charge is -2.06. The molecule has 2 N–H and O–H groups in total. The lowest BCUT2D eigenvalue weighted by Crippen LogP contribution is -2.34. The van der Waals surface area contributed by atoms with Gasteiger partial charge in [-0.05, 0) is 35.9 Å². The molecule has 0 saturated heterocycles. The van der Waals surface area contributed by atoms with Crippen LogP contribution < -0.4 is 15.5 Å².